The Kier molecular flexibility index (Phi) is 6.20. The average molecular weight is 387 g/mol. The SMILES string of the molecule is C[C@@H](CN)NC(=O)c1ccccc1SCC(=O)Nc1ccc2c(c1)OCO2. The molecule has 1 aliphatic rings. The van der Waals surface area contributed by atoms with Crippen LogP contribution in [-0.4, -0.2) is 36.9 Å². The van der Waals surface area contributed by atoms with Crippen molar-refractivity contribution in [3.8, 4) is 11.5 Å². The highest BCUT2D eigenvalue weighted by Crippen LogP contribution is 2.34. The molecule has 0 bridgehead atoms. The van der Waals surface area contributed by atoms with Crippen LogP contribution in [-0.2, 0) is 4.79 Å². The molecule has 2 aromatic rings. The van der Waals surface area contributed by atoms with Gasteiger partial charge < -0.3 is 25.8 Å². The maximum absolute atomic E-state index is 12.4. The van der Waals surface area contributed by atoms with Crippen molar-refractivity contribution in [2.75, 3.05) is 24.4 Å². The van der Waals surface area contributed by atoms with Gasteiger partial charge in [0.25, 0.3) is 5.91 Å². The standard InChI is InChI=1S/C19H21N3O4S/c1-12(9-20)21-19(24)14-4-2-3-5-17(14)27-10-18(23)22-13-6-7-15-16(8-13)26-11-25-15/h2-8,12H,9-11,20H2,1H3,(H,21,24)(H,22,23)/t12-/m0/s1. The summed E-state index contributed by atoms with van der Waals surface area (Å²) in [6, 6.07) is 12.3. The largest absolute Gasteiger partial charge is 0.454 e. The van der Waals surface area contributed by atoms with Crippen molar-refractivity contribution in [1.82, 2.24) is 5.32 Å². The Hall–Kier alpha value is -2.71. The molecule has 3 rings (SSSR count). The minimum absolute atomic E-state index is 0.120. The van der Waals surface area contributed by atoms with Gasteiger partial charge in [-0.2, -0.15) is 0 Å². The highest BCUT2D eigenvalue weighted by Gasteiger charge is 2.16. The molecule has 0 spiro atoms. The number of benzene rings is 2. The van der Waals surface area contributed by atoms with Crippen LogP contribution in [0.5, 0.6) is 11.5 Å². The van der Waals surface area contributed by atoms with E-state index in [9.17, 15) is 9.59 Å². The third kappa shape index (κ3) is 4.93. The van der Waals surface area contributed by atoms with Gasteiger partial charge in [-0.15, -0.1) is 11.8 Å². The minimum Gasteiger partial charge on any atom is -0.454 e. The molecule has 0 radical (unpaired) electrons. The first-order chi connectivity index (χ1) is 13.1. The monoisotopic (exact) mass is 387 g/mol. The number of nitrogens with two attached hydrogens (primary N) is 1. The van der Waals surface area contributed by atoms with E-state index in [-0.39, 0.29) is 30.4 Å². The smallest absolute Gasteiger partial charge is 0.252 e. The number of fused-ring (bicyclic) bond motifs is 1. The van der Waals surface area contributed by atoms with Crippen LogP contribution in [0.25, 0.3) is 0 Å². The number of anilines is 1. The van der Waals surface area contributed by atoms with Crippen molar-refractivity contribution in [1.29, 1.82) is 0 Å². The quantitative estimate of drug-likeness (QED) is 0.630. The number of hydrogen-bond acceptors (Lipinski definition) is 6. The van der Waals surface area contributed by atoms with Crippen LogP contribution in [0.1, 0.15) is 17.3 Å². The van der Waals surface area contributed by atoms with E-state index in [0.717, 1.165) is 4.90 Å². The fourth-order valence-electron chi connectivity index (χ4n) is 2.46. The van der Waals surface area contributed by atoms with Crippen molar-refractivity contribution < 1.29 is 19.1 Å². The van der Waals surface area contributed by atoms with Crippen LogP contribution >= 0.6 is 11.8 Å². The number of rotatable bonds is 7. The molecule has 1 heterocycles. The third-order valence-corrected chi connectivity index (χ3v) is 4.95. The van der Waals surface area contributed by atoms with Crippen molar-refractivity contribution in [3.63, 3.8) is 0 Å². The van der Waals surface area contributed by atoms with Gasteiger partial charge in [0.1, 0.15) is 0 Å². The second-order valence-electron chi connectivity index (χ2n) is 6.01. The van der Waals surface area contributed by atoms with Gasteiger partial charge in [0, 0.05) is 29.2 Å². The summed E-state index contributed by atoms with van der Waals surface area (Å²) < 4.78 is 10.6. The van der Waals surface area contributed by atoms with Crippen LogP contribution in [0.4, 0.5) is 5.69 Å². The van der Waals surface area contributed by atoms with E-state index in [4.69, 9.17) is 15.2 Å². The van der Waals surface area contributed by atoms with Crippen molar-refractivity contribution in [3.05, 3.63) is 48.0 Å². The van der Waals surface area contributed by atoms with Gasteiger partial charge in [-0.1, -0.05) is 12.1 Å². The summed E-state index contributed by atoms with van der Waals surface area (Å²) >= 11 is 1.30. The van der Waals surface area contributed by atoms with Gasteiger partial charge in [0.15, 0.2) is 11.5 Å². The second kappa shape index (κ2) is 8.79. The van der Waals surface area contributed by atoms with E-state index >= 15 is 0 Å². The summed E-state index contributed by atoms with van der Waals surface area (Å²) in [5, 5.41) is 5.65. The second-order valence-corrected chi connectivity index (χ2v) is 7.03. The predicted octanol–water partition coefficient (Wildman–Crippen LogP) is 2.22. The van der Waals surface area contributed by atoms with E-state index < -0.39 is 0 Å². The zero-order valence-electron chi connectivity index (χ0n) is 14.9. The third-order valence-electron chi connectivity index (χ3n) is 3.88. The molecule has 0 aromatic heterocycles. The minimum atomic E-state index is -0.202. The number of hydrogen-bond donors (Lipinski definition) is 3. The number of nitrogens with one attached hydrogen (secondary N) is 2. The van der Waals surface area contributed by atoms with E-state index in [1.807, 2.05) is 19.1 Å². The van der Waals surface area contributed by atoms with Crippen LogP contribution in [0.2, 0.25) is 0 Å². The molecule has 2 aromatic carbocycles. The van der Waals surface area contributed by atoms with Gasteiger partial charge in [-0.25, -0.2) is 0 Å². The summed E-state index contributed by atoms with van der Waals surface area (Å²) in [6.45, 7) is 2.38. The molecule has 0 saturated heterocycles. The van der Waals surface area contributed by atoms with Gasteiger partial charge in [-0.3, -0.25) is 9.59 Å². The Balaban J connectivity index is 1.59. The van der Waals surface area contributed by atoms with Gasteiger partial charge in [0.05, 0.1) is 11.3 Å². The molecule has 2 amide bonds. The molecule has 7 nitrogen and oxygen atoms in total. The Morgan fingerprint density at radius 2 is 1.96 bits per heavy atom. The van der Waals surface area contributed by atoms with Crippen molar-refractivity contribution >= 4 is 29.3 Å². The highest BCUT2D eigenvalue weighted by molar-refractivity contribution is 8.00. The Bertz CT molecular complexity index is 843. The van der Waals surface area contributed by atoms with Crippen LogP contribution in [0, 0.1) is 0 Å². The Morgan fingerprint density at radius 1 is 1.19 bits per heavy atom. The van der Waals surface area contributed by atoms with Gasteiger partial charge in [-0.05, 0) is 31.2 Å². The first-order valence-electron chi connectivity index (χ1n) is 8.49. The Morgan fingerprint density at radius 3 is 2.78 bits per heavy atom. The van der Waals surface area contributed by atoms with Crippen molar-refractivity contribution in [2.45, 2.75) is 17.9 Å². The van der Waals surface area contributed by atoms with Crippen LogP contribution in [0.15, 0.2) is 47.4 Å². The number of amides is 2. The fraction of sp³-hybridized carbons (Fsp3) is 0.263. The molecule has 8 heteroatoms. The lowest BCUT2D eigenvalue weighted by atomic mass is 10.2. The molecule has 0 aliphatic carbocycles. The van der Waals surface area contributed by atoms with Crippen LogP contribution < -0.4 is 25.8 Å². The number of ether oxygens (including phenoxy) is 2. The van der Waals surface area contributed by atoms with E-state index in [2.05, 4.69) is 10.6 Å². The maximum atomic E-state index is 12.4. The fourth-order valence-corrected chi connectivity index (χ4v) is 3.31. The van der Waals surface area contributed by atoms with Gasteiger partial charge >= 0.3 is 0 Å². The average Bonchev–Trinajstić information content (AvgIpc) is 3.14. The normalized spacial score (nSPS) is 13.1. The summed E-state index contributed by atoms with van der Waals surface area (Å²) in [5.41, 5.74) is 6.71. The molecule has 0 fully saturated rings. The molecule has 4 N–H and O–H groups in total. The van der Waals surface area contributed by atoms with E-state index in [0.29, 0.717) is 29.3 Å². The molecular formula is C19H21N3O4S. The molecule has 1 aliphatic heterocycles. The highest BCUT2D eigenvalue weighted by atomic mass is 32.2. The number of thioether (sulfide) groups is 1. The zero-order chi connectivity index (χ0) is 19.2. The number of carbonyl (C=O) groups is 2. The summed E-state index contributed by atoms with van der Waals surface area (Å²) in [4.78, 5) is 25.4. The lowest BCUT2D eigenvalue weighted by Gasteiger charge is -2.13. The van der Waals surface area contributed by atoms with Crippen molar-refractivity contribution in [2.24, 2.45) is 5.73 Å². The number of carbonyl (C=O) groups excluding carboxylic acids is 2. The molecule has 0 unspecified atom stereocenters. The molecule has 27 heavy (non-hydrogen) atoms. The van der Waals surface area contributed by atoms with Crippen LogP contribution in [0.3, 0.4) is 0 Å². The predicted molar refractivity (Wildman–Crippen MR) is 104 cm³/mol. The zero-order valence-corrected chi connectivity index (χ0v) is 15.7. The lowest BCUT2D eigenvalue weighted by molar-refractivity contribution is -0.113. The van der Waals surface area contributed by atoms with E-state index in [1.165, 1.54) is 11.8 Å². The first kappa shape index (κ1) is 19.1. The molecule has 1 atom stereocenters. The summed E-state index contributed by atoms with van der Waals surface area (Å²) in [5.74, 6) is 1.06. The molecule has 142 valence electrons. The van der Waals surface area contributed by atoms with E-state index in [1.54, 1.807) is 30.3 Å². The first-order valence-corrected chi connectivity index (χ1v) is 9.47. The summed E-state index contributed by atoms with van der Waals surface area (Å²) in [7, 11) is 0. The lowest BCUT2D eigenvalue weighted by Crippen LogP contribution is -2.38. The van der Waals surface area contributed by atoms with Gasteiger partial charge in [0.2, 0.25) is 12.7 Å². The molecule has 0 saturated carbocycles. The molecular weight excluding hydrogens is 366 g/mol. The maximum Gasteiger partial charge on any atom is 0.252 e. The summed E-state index contributed by atoms with van der Waals surface area (Å²) in [6.07, 6.45) is 0. The Labute approximate surface area is 161 Å². The topological polar surface area (TPSA) is 103 Å².